The summed E-state index contributed by atoms with van der Waals surface area (Å²) in [5.74, 6) is 0.524. The Labute approximate surface area is 107 Å². The van der Waals surface area contributed by atoms with Gasteiger partial charge in [0.05, 0.1) is 4.47 Å². The monoisotopic (exact) mass is 295 g/mol. The standard InChI is InChI=1S/C12H11BrFN3/c1-6-7(2)16-12(17-11(6)15)8-3-4-9(13)10(14)5-8/h3-5H,1-2H3,(H2,15,16,17). The third-order valence-electron chi connectivity index (χ3n) is 2.60. The Balaban J connectivity index is 2.57. The number of nitrogens with zero attached hydrogens (tertiary/aromatic N) is 2. The fraction of sp³-hybridized carbons (Fsp3) is 0.167. The molecule has 88 valence electrons. The van der Waals surface area contributed by atoms with E-state index < -0.39 is 0 Å². The summed E-state index contributed by atoms with van der Waals surface area (Å²) in [7, 11) is 0. The number of nitrogen functional groups attached to an aromatic ring is 1. The molecule has 5 heteroatoms. The molecule has 0 amide bonds. The quantitative estimate of drug-likeness (QED) is 0.879. The molecule has 0 aliphatic rings. The second kappa shape index (κ2) is 4.41. The Hall–Kier alpha value is -1.49. The summed E-state index contributed by atoms with van der Waals surface area (Å²) in [6.45, 7) is 3.71. The molecule has 1 heterocycles. The van der Waals surface area contributed by atoms with Gasteiger partial charge in [0, 0.05) is 16.8 Å². The van der Waals surface area contributed by atoms with Crippen LogP contribution < -0.4 is 5.73 Å². The average Bonchev–Trinajstić information content (AvgIpc) is 2.29. The molecule has 0 aliphatic heterocycles. The predicted molar refractivity (Wildman–Crippen MR) is 69.0 cm³/mol. The van der Waals surface area contributed by atoms with Crippen molar-refractivity contribution in [3.05, 3.63) is 39.7 Å². The lowest BCUT2D eigenvalue weighted by molar-refractivity contribution is 0.621. The lowest BCUT2D eigenvalue weighted by Crippen LogP contribution is -2.02. The maximum Gasteiger partial charge on any atom is 0.161 e. The van der Waals surface area contributed by atoms with E-state index in [0.717, 1.165) is 11.3 Å². The third kappa shape index (κ3) is 2.29. The van der Waals surface area contributed by atoms with Gasteiger partial charge < -0.3 is 5.73 Å². The highest BCUT2D eigenvalue weighted by molar-refractivity contribution is 9.10. The molecular weight excluding hydrogens is 285 g/mol. The predicted octanol–water partition coefficient (Wildman–Crippen LogP) is 3.24. The van der Waals surface area contributed by atoms with Crippen molar-refractivity contribution >= 4 is 21.7 Å². The van der Waals surface area contributed by atoms with Crippen LogP contribution in [0.3, 0.4) is 0 Å². The molecule has 0 atom stereocenters. The molecule has 0 aliphatic carbocycles. The Morgan fingerprint density at radius 3 is 2.53 bits per heavy atom. The number of hydrogen-bond donors (Lipinski definition) is 1. The van der Waals surface area contributed by atoms with Crippen LogP contribution in [-0.4, -0.2) is 9.97 Å². The minimum Gasteiger partial charge on any atom is -0.383 e. The normalized spacial score (nSPS) is 10.6. The minimum atomic E-state index is -0.345. The van der Waals surface area contributed by atoms with E-state index in [1.54, 1.807) is 12.1 Å². The summed E-state index contributed by atoms with van der Waals surface area (Å²) in [6.07, 6.45) is 0. The van der Waals surface area contributed by atoms with E-state index in [4.69, 9.17) is 5.73 Å². The van der Waals surface area contributed by atoms with Gasteiger partial charge in [-0.2, -0.15) is 0 Å². The second-order valence-corrected chi connectivity index (χ2v) is 4.63. The number of anilines is 1. The average molecular weight is 296 g/mol. The van der Waals surface area contributed by atoms with Gasteiger partial charge in [-0.1, -0.05) is 0 Å². The molecule has 3 nitrogen and oxygen atoms in total. The molecule has 0 bridgehead atoms. The van der Waals surface area contributed by atoms with Crippen LogP contribution in [0.4, 0.5) is 10.2 Å². The Bertz CT molecular complexity index is 561. The van der Waals surface area contributed by atoms with Crippen LogP contribution in [0, 0.1) is 19.7 Å². The van der Waals surface area contributed by atoms with Gasteiger partial charge in [-0.05, 0) is 48.0 Å². The lowest BCUT2D eigenvalue weighted by Gasteiger charge is -2.07. The summed E-state index contributed by atoms with van der Waals surface area (Å²) in [5.41, 5.74) is 8.04. The number of nitrogens with two attached hydrogens (primary N) is 1. The molecule has 0 saturated heterocycles. The molecule has 0 fully saturated rings. The summed E-state index contributed by atoms with van der Waals surface area (Å²) in [4.78, 5) is 8.46. The first-order valence-corrected chi connectivity index (χ1v) is 5.84. The molecule has 2 rings (SSSR count). The van der Waals surface area contributed by atoms with Crippen molar-refractivity contribution in [2.24, 2.45) is 0 Å². The fourth-order valence-corrected chi connectivity index (χ4v) is 1.66. The Kier molecular flexibility index (Phi) is 3.11. The molecule has 0 spiro atoms. The molecule has 1 aromatic carbocycles. The number of benzene rings is 1. The second-order valence-electron chi connectivity index (χ2n) is 3.77. The van der Waals surface area contributed by atoms with Crippen molar-refractivity contribution in [3.8, 4) is 11.4 Å². The van der Waals surface area contributed by atoms with Crippen molar-refractivity contribution in [3.63, 3.8) is 0 Å². The fourth-order valence-electron chi connectivity index (χ4n) is 1.42. The molecule has 0 unspecified atom stereocenters. The number of rotatable bonds is 1. The van der Waals surface area contributed by atoms with Gasteiger partial charge >= 0.3 is 0 Å². The van der Waals surface area contributed by atoms with Gasteiger partial charge in [0.15, 0.2) is 5.82 Å². The first-order chi connectivity index (χ1) is 7.99. The lowest BCUT2D eigenvalue weighted by atomic mass is 10.2. The third-order valence-corrected chi connectivity index (χ3v) is 3.25. The smallest absolute Gasteiger partial charge is 0.161 e. The largest absolute Gasteiger partial charge is 0.383 e. The zero-order chi connectivity index (χ0) is 12.6. The maximum absolute atomic E-state index is 13.4. The summed E-state index contributed by atoms with van der Waals surface area (Å²) < 4.78 is 13.8. The van der Waals surface area contributed by atoms with Gasteiger partial charge in [0.25, 0.3) is 0 Å². The first-order valence-electron chi connectivity index (χ1n) is 5.05. The molecule has 2 N–H and O–H groups in total. The first kappa shape index (κ1) is 12.0. The SMILES string of the molecule is Cc1nc(-c2ccc(Br)c(F)c2)nc(N)c1C. The van der Waals surface area contributed by atoms with Crippen LogP contribution in [-0.2, 0) is 0 Å². The molecule has 1 aromatic heterocycles. The summed E-state index contributed by atoms with van der Waals surface area (Å²) in [6, 6.07) is 4.75. The number of hydrogen-bond acceptors (Lipinski definition) is 3. The van der Waals surface area contributed by atoms with Crippen LogP contribution in [0.15, 0.2) is 22.7 Å². The van der Waals surface area contributed by atoms with Crippen molar-refractivity contribution < 1.29 is 4.39 Å². The summed E-state index contributed by atoms with van der Waals surface area (Å²) in [5, 5.41) is 0. The maximum atomic E-state index is 13.4. The van der Waals surface area contributed by atoms with Gasteiger partial charge in [-0.25, -0.2) is 14.4 Å². The van der Waals surface area contributed by atoms with E-state index in [2.05, 4.69) is 25.9 Å². The topological polar surface area (TPSA) is 51.8 Å². The molecule has 2 aromatic rings. The van der Waals surface area contributed by atoms with Crippen LogP contribution >= 0.6 is 15.9 Å². The highest BCUT2D eigenvalue weighted by Crippen LogP contribution is 2.24. The van der Waals surface area contributed by atoms with E-state index in [-0.39, 0.29) is 5.82 Å². The minimum absolute atomic E-state index is 0.345. The van der Waals surface area contributed by atoms with Crippen LogP contribution in [0.2, 0.25) is 0 Å². The molecular formula is C12H11BrFN3. The zero-order valence-corrected chi connectivity index (χ0v) is 11.0. The van der Waals surface area contributed by atoms with E-state index in [0.29, 0.717) is 21.7 Å². The van der Waals surface area contributed by atoms with Crippen molar-refractivity contribution in [2.45, 2.75) is 13.8 Å². The van der Waals surface area contributed by atoms with Gasteiger partial charge in [-0.15, -0.1) is 0 Å². The van der Waals surface area contributed by atoms with Crippen molar-refractivity contribution in [1.29, 1.82) is 0 Å². The van der Waals surface area contributed by atoms with Crippen LogP contribution in [0.1, 0.15) is 11.3 Å². The van der Waals surface area contributed by atoms with Gasteiger partial charge in [-0.3, -0.25) is 0 Å². The van der Waals surface area contributed by atoms with Gasteiger partial charge in [0.2, 0.25) is 0 Å². The van der Waals surface area contributed by atoms with E-state index in [1.807, 2.05) is 13.8 Å². The number of aryl methyl sites for hydroxylation is 1. The summed E-state index contributed by atoms with van der Waals surface area (Å²) >= 11 is 3.10. The zero-order valence-electron chi connectivity index (χ0n) is 9.46. The van der Waals surface area contributed by atoms with Crippen molar-refractivity contribution in [1.82, 2.24) is 9.97 Å². The van der Waals surface area contributed by atoms with E-state index in [9.17, 15) is 4.39 Å². The highest BCUT2D eigenvalue weighted by Gasteiger charge is 2.09. The van der Waals surface area contributed by atoms with E-state index >= 15 is 0 Å². The molecule has 0 radical (unpaired) electrons. The molecule has 0 saturated carbocycles. The van der Waals surface area contributed by atoms with Crippen LogP contribution in [0.25, 0.3) is 11.4 Å². The van der Waals surface area contributed by atoms with E-state index in [1.165, 1.54) is 6.07 Å². The number of aromatic nitrogens is 2. The van der Waals surface area contributed by atoms with Crippen molar-refractivity contribution in [2.75, 3.05) is 5.73 Å². The van der Waals surface area contributed by atoms with Gasteiger partial charge in [0.1, 0.15) is 11.6 Å². The van der Waals surface area contributed by atoms with Crippen LogP contribution in [0.5, 0.6) is 0 Å². The highest BCUT2D eigenvalue weighted by atomic mass is 79.9. The Morgan fingerprint density at radius 2 is 1.94 bits per heavy atom. The Morgan fingerprint density at radius 1 is 1.24 bits per heavy atom. The molecule has 17 heavy (non-hydrogen) atoms. The number of halogens is 2.